The standard InChI is InChI=1S/C17H18N4O3/c22-15(19-10-12-4-3-9-24-12)11-21-13-5-1-7-18-16(13)20-8-2-6-14(20)17(21)23/h1,3-5,7,9,14H,2,6,8,10-11H2,(H,19,22)/t14-/m1/s1. The van der Waals surface area contributed by atoms with Gasteiger partial charge in [0.15, 0.2) is 5.82 Å². The molecule has 0 unspecified atom stereocenters. The summed E-state index contributed by atoms with van der Waals surface area (Å²) in [5.41, 5.74) is 0.703. The Kier molecular flexibility index (Phi) is 3.68. The molecule has 0 aliphatic carbocycles. The number of hydrogen-bond acceptors (Lipinski definition) is 5. The highest BCUT2D eigenvalue weighted by Crippen LogP contribution is 2.37. The number of carbonyl (C=O) groups excluding carboxylic acids is 2. The first-order valence-corrected chi connectivity index (χ1v) is 8.06. The van der Waals surface area contributed by atoms with Crippen molar-refractivity contribution < 1.29 is 14.0 Å². The molecule has 2 aromatic rings. The number of nitrogens with one attached hydrogen (secondary N) is 1. The van der Waals surface area contributed by atoms with Crippen LogP contribution in [0.4, 0.5) is 11.5 Å². The minimum atomic E-state index is -0.221. The molecule has 1 saturated heterocycles. The van der Waals surface area contributed by atoms with Gasteiger partial charge in [0.1, 0.15) is 18.3 Å². The van der Waals surface area contributed by atoms with E-state index in [2.05, 4.69) is 15.2 Å². The Morgan fingerprint density at radius 3 is 3.12 bits per heavy atom. The average molecular weight is 326 g/mol. The molecule has 124 valence electrons. The van der Waals surface area contributed by atoms with Gasteiger partial charge in [0, 0.05) is 12.7 Å². The van der Waals surface area contributed by atoms with Crippen LogP contribution in [0, 0.1) is 0 Å². The molecule has 1 atom stereocenters. The van der Waals surface area contributed by atoms with E-state index in [0.29, 0.717) is 18.0 Å². The van der Waals surface area contributed by atoms with Crippen molar-refractivity contribution in [2.45, 2.75) is 25.4 Å². The summed E-state index contributed by atoms with van der Waals surface area (Å²) in [5.74, 6) is 1.22. The van der Waals surface area contributed by atoms with Gasteiger partial charge in [-0.25, -0.2) is 4.98 Å². The normalized spacial score (nSPS) is 19.2. The topological polar surface area (TPSA) is 78.7 Å². The molecule has 1 N–H and O–H groups in total. The van der Waals surface area contributed by atoms with Crippen molar-refractivity contribution in [3.05, 3.63) is 42.5 Å². The predicted octanol–water partition coefficient (Wildman–Crippen LogP) is 1.31. The van der Waals surface area contributed by atoms with Crippen LogP contribution in [0.25, 0.3) is 0 Å². The second-order valence-electron chi connectivity index (χ2n) is 5.98. The Bertz CT molecular complexity index is 759. The fraction of sp³-hybridized carbons (Fsp3) is 0.353. The smallest absolute Gasteiger partial charge is 0.250 e. The molecule has 0 spiro atoms. The van der Waals surface area contributed by atoms with Gasteiger partial charge in [-0.15, -0.1) is 0 Å². The van der Waals surface area contributed by atoms with Crippen LogP contribution in [-0.2, 0) is 16.1 Å². The lowest BCUT2D eigenvalue weighted by Gasteiger charge is -2.38. The molecule has 1 fully saturated rings. The molecule has 4 heterocycles. The van der Waals surface area contributed by atoms with E-state index in [-0.39, 0.29) is 24.4 Å². The molecule has 2 amide bonds. The SMILES string of the molecule is O=C(CN1C(=O)[C@H]2CCCN2c2ncccc21)NCc1ccco1. The van der Waals surface area contributed by atoms with E-state index in [9.17, 15) is 9.59 Å². The van der Waals surface area contributed by atoms with Gasteiger partial charge >= 0.3 is 0 Å². The zero-order chi connectivity index (χ0) is 16.5. The van der Waals surface area contributed by atoms with E-state index in [1.807, 2.05) is 6.07 Å². The first-order valence-electron chi connectivity index (χ1n) is 8.06. The van der Waals surface area contributed by atoms with Crippen molar-refractivity contribution in [2.24, 2.45) is 0 Å². The van der Waals surface area contributed by atoms with Crippen molar-refractivity contribution in [2.75, 3.05) is 22.9 Å². The van der Waals surface area contributed by atoms with Crippen molar-refractivity contribution >= 4 is 23.3 Å². The Labute approximate surface area is 139 Å². The second-order valence-corrected chi connectivity index (χ2v) is 5.98. The Balaban J connectivity index is 1.52. The molecular formula is C17H18N4O3. The Morgan fingerprint density at radius 1 is 1.38 bits per heavy atom. The van der Waals surface area contributed by atoms with Crippen LogP contribution in [-0.4, -0.2) is 35.9 Å². The highest BCUT2D eigenvalue weighted by molar-refractivity contribution is 6.07. The van der Waals surface area contributed by atoms with E-state index in [0.717, 1.165) is 25.2 Å². The Hall–Kier alpha value is -2.83. The molecule has 24 heavy (non-hydrogen) atoms. The Morgan fingerprint density at radius 2 is 2.29 bits per heavy atom. The van der Waals surface area contributed by atoms with E-state index in [4.69, 9.17) is 4.42 Å². The van der Waals surface area contributed by atoms with Crippen LogP contribution in [0.1, 0.15) is 18.6 Å². The number of aromatic nitrogens is 1. The van der Waals surface area contributed by atoms with Crippen molar-refractivity contribution in [3.63, 3.8) is 0 Å². The lowest BCUT2D eigenvalue weighted by Crippen LogP contribution is -2.53. The summed E-state index contributed by atoms with van der Waals surface area (Å²) >= 11 is 0. The largest absolute Gasteiger partial charge is 0.467 e. The van der Waals surface area contributed by atoms with Crippen LogP contribution in [0.15, 0.2) is 41.1 Å². The summed E-state index contributed by atoms with van der Waals surface area (Å²) in [6, 6.07) is 6.99. The lowest BCUT2D eigenvalue weighted by molar-refractivity contribution is -0.124. The molecule has 2 aliphatic heterocycles. The van der Waals surface area contributed by atoms with Crippen LogP contribution in [0.3, 0.4) is 0 Å². The fourth-order valence-electron chi connectivity index (χ4n) is 3.36. The number of nitrogens with zero attached hydrogens (tertiary/aromatic N) is 3. The molecule has 0 saturated carbocycles. The van der Waals surface area contributed by atoms with Crippen LogP contribution in [0.2, 0.25) is 0 Å². The summed E-state index contributed by atoms with van der Waals surface area (Å²) in [5, 5.41) is 2.78. The monoisotopic (exact) mass is 326 g/mol. The fourth-order valence-corrected chi connectivity index (χ4v) is 3.36. The maximum absolute atomic E-state index is 12.8. The summed E-state index contributed by atoms with van der Waals surface area (Å²) in [6.07, 6.45) is 5.05. The van der Waals surface area contributed by atoms with Gasteiger partial charge in [0.05, 0.1) is 18.5 Å². The number of rotatable bonds is 4. The average Bonchev–Trinajstić information content (AvgIpc) is 3.28. The summed E-state index contributed by atoms with van der Waals surface area (Å²) in [6.45, 7) is 1.13. The van der Waals surface area contributed by atoms with E-state index in [1.165, 1.54) is 0 Å². The van der Waals surface area contributed by atoms with Gasteiger partial charge in [0.25, 0.3) is 0 Å². The number of amides is 2. The number of furan rings is 1. The molecular weight excluding hydrogens is 308 g/mol. The van der Waals surface area contributed by atoms with Gasteiger partial charge in [-0.3, -0.25) is 14.5 Å². The van der Waals surface area contributed by atoms with Crippen molar-refractivity contribution in [1.29, 1.82) is 0 Å². The van der Waals surface area contributed by atoms with E-state index < -0.39 is 0 Å². The van der Waals surface area contributed by atoms with Gasteiger partial charge in [0.2, 0.25) is 11.8 Å². The van der Waals surface area contributed by atoms with Gasteiger partial charge in [-0.05, 0) is 37.1 Å². The van der Waals surface area contributed by atoms with Crippen molar-refractivity contribution in [1.82, 2.24) is 10.3 Å². The maximum atomic E-state index is 12.8. The van der Waals surface area contributed by atoms with Crippen molar-refractivity contribution in [3.8, 4) is 0 Å². The van der Waals surface area contributed by atoms with Crippen LogP contribution in [0.5, 0.6) is 0 Å². The van der Waals surface area contributed by atoms with Crippen LogP contribution < -0.4 is 15.1 Å². The molecule has 2 aliphatic rings. The van der Waals surface area contributed by atoms with Crippen LogP contribution >= 0.6 is 0 Å². The molecule has 2 aromatic heterocycles. The summed E-state index contributed by atoms with van der Waals surface area (Å²) in [7, 11) is 0. The predicted molar refractivity (Wildman–Crippen MR) is 87.5 cm³/mol. The molecule has 4 rings (SSSR count). The highest BCUT2D eigenvalue weighted by atomic mass is 16.3. The van der Waals surface area contributed by atoms with Gasteiger partial charge < -0.3 is 14.6 Å². The molecule has 0 bridgehead atoms. The third-order valence-electron chi connectivity index (χ3n) is 4.47. The first kappa shape index (κ1) is 14.7. The number of carbonyl (C=O) groups is 2. The maximum Gasteiger partial charge on any atom is 0.250 e. The van der Waals surface area contributed by atoms with E-state index in [1.54, 1.807) is 35.6 Å². The molecule has 7 nitrogen and oxygen atoms in total. The minimum absolute atomic E-state index is 0.0113. The number of anilines is 2. The molecule has 0 aromatic carbocycles. The van der Waals surface area contributed by atoms with E-state index >= 15 is 0 Å². The molecule has 0 radical (unpaired) electrons. The first-order chi connectivity index (χ1) is 11.7. The zero-order valence-corrected chi connectivity index (χ0v) is 13.1. The third kappa shape index (κ3) is 2.51. The van der Waals surface area contributed by atoms with Gasteiger partial charge in [-0.2, -0.15) is 0 Å². The lowest BCUT2D eigenvalue weighted by atomic mass is 10.1. The summed E-state index contributed by atoms with van der Waals surface area (Å²) in [4.78, 5) is 33.1. The molecule has 7 heteroatoms. The summed E-state index contributed by atoms with van der Waals surface area (Å²) < 4.78 is 5.20. The number of fused-ring (bicyclic) bond motifs is 3. The quantitative estimate of drug-likeness (QED) is 0.916. The highest BCUT2D eigenvalue weighted by Gasteiger charge is 2.41. The third-order valence-corrected chi connectivity index (χ3v) is 4.47. The zero-order valence-electron chi connectivity index (χ0n) is 13.1. The minimum Gasteiger partial charge on any atom is -0.467 e. The number of hydrogen-bond donors (Lipinski definition) is 1. The number of pyridine rings is 1. The van der Waals surface area contributed by atoms with Gasteiger partial charge in [-0.1, -0.05) is 0 Å². The second kappa shape index (κ2) is 5.99.